The summed E-state index contributed by atoms with van der Waals surface area (Å²) < 4.78 is 37.0. The first-order chi connectivity index (χ1) is 8.95. The molecule has 2 aromatic rings. The summed E-state index contributed by atoms with van der Waals surface area (Å²) in [4.78, 5) is 8.62. The standard InChI is InChI=1S/C11H11F3N4S/c12-11(13,14)7-1-2-8(17-3-7)4-16-5-9-6-18-10(15)19-9/h1-3,6,16H,4-5H2,(H2,15,18). The van der Waals surface area contributed by atoms with Gasteiger partial charge in [-0.2, -0.15) is 13.2 Å². The summed E-state index contributed by atoms with van der Waals surface area (Å²) in [5, 5.41) is 3.55. The van der Waals surface area contributed by atoms with Crippen molar-refractivity contribution in [3.8, 4) is 0 Å². The van der Waals surface area contributed by atoms with Gasteiger partial charge in [0.1, 0.15) is 0 Å². The highest BCUT2D eigenvalue weighted by Gasteiger charge is 2.30. The number of nitrogens with one attached hydrogen (secondary N) is 1. The number of anilines is 1. The van der Waals surface area contributed by atoms with E-state index in [1.165, 1.54) is 17.4 Å². The van der Waals surface area contributed by atoms with Crippen LogP contribution in [0.15, 0.2) is 24.5 Å². The van der Waals surface area contributed by atoms with Gasteiger partial charge in [0.2, 0.25) is 0 Å². The zero-order valence-electron chi connectivity index (χ0n) is 9.74. The molecule has 0 aliphatic rings. The van der Waals surface area contributed by atoms with Crippen LogP contribution in [0.5, 0.6) is 0 Å². The zero-order chi connectivity index (χ0) is 13.9. The molecule has 4 nitrogen and oxygen atoms in total. The number of nitrogens with zero attached hydrogens (tertiary/aromatic N) is 2. The SMILES string of the molecule is Nc1ncc(CNCc2ccc(C(F)(F)F)cn2)s1. The smallest absolute Gasteiger partial charge is 0.375 e. The molecule has 2 aromatic heterocycles. The van der Waals surface area contributed by atoms with Gasteiger partial charge in [-0.25, -0.2) is 4.98 Å². The molecule has 2 heterocycles. The van der Waals surface area contributed by atoms with Crippen LogP contribution < -0.4 is 11.1 Å². The van der Waals surface area contributed by atoms with Crippen molar-refractivity contribution in [2.75, 3.05) is 5.73 Å². The van der Waals surface area contributed by atoms with Gasteiger partial charge in [0.15, 0.2) is 5.13 Å². The Labute approximate surface area is 111 Å². The third kappa shape index (κ3) is 3.90. The first-order valence-corrected chi connectivity index (χ1v) is 6.20. The van der Waals surface area contributed by atoms with Crippen molar-refractivity contribution >= 4 is 16.5 Å². The lowest BCUT2D eigenvalue weighted by Gasteiger charge is -2.07. The van der Waals surface area contributed by atoms with Gasteiger partial charge >= 0.3 is 6.18 Å². The van der Waals surface area contributed by atoms with Gasteiger partial charge in [0, 0.05) is 30.4 Å². The summed E-state index contributed by atoms with van der Waals surface area (Å²) in [5.74, 6) is 0. The van der Waals surface area contributed by atoms with Crippen molar-refractivity contribution in [2.24, 2.45) is 0 Å². The largest absolute Gasteiger partial charge is 0.417 e. The van der Waals surface area contributed by atoms with Gasteiger partial charge < -0.3 is 11.1 Å². The van der Waals surface area contributed by atoms with E-state index in [4.69, 9.17) is 5.73 Å². The third-order valence-corrected chi connectivity index (χ3v) is 3.16. The van der Waals surface area contributed by atoms with E-state index in [1.54, 1.807) is 6.20 Å². The zero-order valence-corrected chi connectivity index (χ0v) is 10.6. The molecule has 0 atom stereocenters. The molecule has 0 unspecified atom stereocenters. The molecular weight excluding hydrogens is 277 g/mol. The Hall–Kier alpha value is -1.67. The normalized spacial score (nSPS) is 11.7. The third-order valence-electron chi connectivity index (χ3n) is 2.33. The number of pyridine rings is 1. The second kappa shape index (κ2) is 5.54. The highest BCUT2D eigenvalue weighted by atomic mass is 32.1. The lowest BCUT2D eigenvalue weighted by molar-refractivity contribution is -0.137. The fourth-order valence-corrected chi connectivity index (χ4v) is 2.07. The van der Waals surface area contributed by atoms with Crippen LogP contribution in [-0.2, 0) is 19.3 Å². The van der Waals surface area contributed by atoms with E-state index in [0.717, 1.165) is 17.1 Å². The summed E-state index contributed by atoms with van der Waals surface area (Å²) in [6.07, 6.45) is -1.85. The Kier molecular flexibility index (Phi) is 4.01. The van der Waals surface area contributed by atoms with Crippen LogP contribution in [0.3, 0.4) is 0 Å². The minimum absolute atomic E-state index is 0.385. The van der Waals surface area contributed by atoms with Gasteiger partial charge in [0.25, 0.3) is 0 Å². The molecule has 0 saturated heterocycles. The van der Waals surface area contributed by atoms with Crippen LogP contribution in [0.25, 0.3) is 0 Å². The Morgan fingerprint density at radius 3 is 2.47 bits per heavy atom. The molecule has 0 amide bonds. The van der Waals surface area contributed by atoms with E-state index in [-0.39, 0.29) is 0 Å². The van der Waals surface area contributed by atoms with E-state index in [2.05, 4.69) is 15.3 Å². The number of aromatic nitrogens is 2. The van der Waals surface area contributed by atoms with Crippen LogP contribution in [0.1, 0.15) is 16.1 Å². The van der Waals surface area contributed by atoms with E-state index < -0.39 is 11.7 Å². The molecular formula is C11H11F3N4S. The second-order valence-corrected chi connectivity index (χ2v) is 4.95. The summed E-state index contributed by atoms with van der Waals surface area (Å²) in [6.45, 7) is 0.938. The van der Waals surface area contributed by atoms with Gasteiger partial charge in [-0.05, 0) is 12.1 Å². The molecule has 0 aromatic carbocycles. The lowest BCUT2D eigenvalue weighted by Crippen LogP contribution is -2.13. The maximum atomic E-state index is 12.3. The van der Waals surface area contributed by atoms with Crippen molar-refractivity contribution < 1.29 is 13.2 Å². The summed E-state index contributed by atoms with van der Waals surface area (Å²) in [5.41, 5.74) is 5.28. The van der Waals surface area contributed by atoms with E-state index >= 15 is 0 Å². The average Bonchev–Trinajstić information content (AvgIpc) is 2.75. The molecule has 19 heavy (non-hydrogen) atoms. The monoisotopic (exact) mass is 288 g/mol. The molecule has 0 radical (unpaired) electrons. The highest BCUT2D eigenvalue weighted by Crippen LogP contribution is 2.28. The molecule has 0 aliphatic heterocycles. The predicted octanol–water partition coefficient (Wildman–Crippen LogP) is 2.43. The number of thiazole rings is 1. The van der Waals surface area contributed by atoms with Gasteiger partial charge in [-0.15, -0.1) is 11.3 Å². The Balaban J connectivity index is 1.86. The predicted molar refractivity (Wildman–Crippen MR) is 66.3 cm³/mol. The molecule has 2 rings (SSSR count). The maximum absolute atomic E-state index is 12.3. The number of nitrogens with two attached hydrogens (primary N) is 1. The Bertz CT molecular complexity index is 536. The number of nitrogen functional groups attached to an aromatic ring is 1. The van der Waals surface area contributed by atoms with Crippen LogP contribution in [-0.4, -0.2) is 9.97 Å². The summed E-state index contributed by atoms with van der Waals surface area (Å²) in [6, 6.07) is 2.38. The molecule has 0 spiro atoms. The number of hydrogen-bond donors (Lipinski definition) is 2. The number of hydrogen-bond acceptors (Lipinski definition) is 5. The molecule has 3 N–H and O–H groups in total. The van der Waals surface area contributed by atoms with E-state index in [1.807, 2.05) is 0 Å². The maximum Gasteiger partial charge on any atom is 0.417 e. The van der Waals surface area contributed by atoms with Crippen LogP contribution in [0.2, 0.25) is 0 Å². The van der Waals surface area contributed by atoms with Crippen LogP contribution in [0.4, 0.5) is 18.3 Å². The van der Waals surface area contributed by atoms with Crippen molar-refractivity contribution in [3.63, 3.8) is 0 Å². The van der Waals surface area contributed by atoms with Crippen molar-refractivity contribution in [1.82, 2.24) is 15.3 Å². The van der Waals surface area contributed by atoms with E-state index in [9.17, 15) is 13.2 Å². The van der Waals surface area contributed by atoms with Crippen molar-refractivity contribution in [3.05, 3.63) is 40.7 Å². The fourth-order valence-electron chi connectivity index (χ4n) is 1.41. The average molecular weight is 288 g/mol. The molecule has 8 heteroatoms. The first kappa shape index (κ1) is 13.8. The number of halogens is 3. The fraction of sp³-hybridized carbons (Fsp3) is 0.273. The minimum Gasteiger partial charge on any atom is -0.375 e. The van der Waals surface area contributed by atoms with Crippen molar-refractivity contribution in [2.45, 2.75) is 19.3 Å². The summed E-state index contributed by atoms with van der Waals surface area (Å²) >= 11 is 1.36. The molecule has 102 valence electrons. The summed E-state index contributed by atoms with van der Waals surface area (Å²) in [7, 11) is 0. The second-order valence-electron chi connectivity index (χ2n) is 3.80. The first-order valence-electron chi connectivity index (χ1n) is 5.38. The number of rotatable bonds is 4. The van der Waals surface area contributed by atoms with Crippen LogP contribution in [0, 0.1) is 0 Å². The Morgan fingerprint density at radius 2 is 1.95 bits per heavy atom. The number of alkyl halides is 3. The molecule has 0 saturated carbocycles. The van der Waals surface area contributed by atoms with Gasteiger partial charge in [-0.3, -0.25) is 4.98 Å². The Morgan fingerprint density at radius 1 is 1.16 bits per heavy atom. The minimum atomic E-state index is -4.35. The molecule has 0 fully saturated rings. The van der Waals surface area contributed by atoms with E-state index in [0.29, 0.717) is 23.9 Å². The molecule has 0 aliphatic carbocycles. The lowest BCUT2D eigenvalue weighted by atomic mass is 10.2. The highest BCUT2D eigenvalue weighted by molar-refractivity contribution is 7.15. The molecule has 0 bridgehead atoms. The van der Waals surface area contributed by atoms with Crippen molar-refractivity contribution in [1.29, 1.82) is 0 Å². The van der Waals surface area contributed by atoms with Gasteiger partial charge in [-0.1, -0.05) is 0 Å². The van der Waals surface area contributed by atoms with Gasteiger partial charge in [0.05, 0.1) is 11.3 Å². The quantitative estimate of drug-likeness (QED) is 0.907. The van der Waals surface area contributed by atoms with Crippen LogP contribution >= 0.6 is 11.3 Å². The topological polar surface area (TPSA) is 63.8 Å².